The van der Waals surface area contributed by atoms with Crippen molar-refractivity contribution in [1.82, 2.24) is 20.9 Å². The average molecular weight is 717 g/mol. The molecule has 0 radical (unpaired) electrons. The number of nitrogens with zero attached hydrogens (tertiary/aromatic N) is 1. The molecule has 3 N–H and O–H groups in total. The van der Waals surface area contributed by atoms with E-state index in [4.69, 9.17) is 14.2 Å². The van der Waals surface area contributed by atoms with E-state index in [0.29, 0.717) is 17.5 Å². The predicted molar refractivity (Wildman–Crippen MR) is 197 cm³/mol. The molecule has 0 bridgehead atoms. The number of esters is 1. The fourth-order valence-corrected chi connectivity index (χ4v) is 5.22. The largest absolute Gasteiger partial charge is 0.459 e. The predicted octanol–water partition coefficient (Wildman–Crippen LogP) is 5.54. The first-order chi connectivity index (χ1) is 24.8. The maximum absolute atomic E-state index is 13.9. The van der Waals surface area contributed by atoms with Crippen LogP contribution in [0.4, 0.5) is 9.59 Å². The second-order valence-electron chi connectivity index (χ2n) is 13.8. The fourth-order valence-electron chi connectivity index (χ4n) is 5.22. The topological polar surface area (TPSA) is 152 Å². The van der Waals surface area contributed by atoms with Crippen molar-refractivity contribution in [2.45, 2.75) is 90.8 Å². The zero-order valence-corrected chi connectivity index (χ0v) is 30.9. The van der Waals surface area contributed by atoms with Crippen molar-refractivity contribution >= 4 is 30.0 Å². The first-order valence-corrected chi connectivity index (χ1v) is 17.5. The highest BCUT2D eigenvalue weighted by Crippen LogP contribution is 2.16. The second-order valence-corrected chi connectivity index (χ2v) is 13.8. The third kappa shape index (κ3) is 14.6. The Hall–Kier alpha value is -5.23. The minimum Gasteiger partial charge on any atom is -0.459 e. The quantitative estimate of drug-likeness (QED) is 0.121. The molecule has 0 fully saturated rings. The van der Waals surface area contributed by atoms with Gasteiger partial charge in [-0.2, -0.15) is 0 Å². The lowest BCUT2D eigenvalue weighted by Gasteiger charge is -2.30. The maximum Gasteiger partial charge on any atom is 0.419 e. The molecule has 3 rings (SSSR count). The van der Waals surface area contributed by atoms with E-state index >= 15 is 0 Å². The molecular formula is C40H52N4O8. The van der Waals surface area contributed by atoms with Crippen molar-refractivity contribution in [1.29, 1.82) is 0 Å². The van der Waals surface area contributed by atoms with Crippen LogP contribution in [0.25, 0.3) is 0 Å². The molecule has 0 saturated carbocycles. The number of hydrogen-bond donors (Lipinski definition) is 3. The summed E-state index contributed by atoms with van der Waals surface area (Å²) in [5, 5.41) is 8.60. The Morgan fingerprint density at radius 1 is 0.673 bits per heavy atom. The molecule has 3 aromatic carbocycles. The van der Waals surface area contributed by atoms with Crippen molar-refractivity contribution in [2.75, 3.05) is 13.6 Å². The van der Waals surface area contributed by atoms with Gasteiger partial charge < -0.3 is 24.8 Å². The van der Waals surface area contributed by atoms with E-state index in [0.717, 1.165) is 10.5 Å². The lowest BCUT2D eigenvalue weighted by Crippen LogP contribution is -2.57. The van der Waals surface area contributed by atoms with Crippen LogP contribution in [0.1, 0.15) is 64.2 Å². The van der Waals surface area contributed by atoms with Gasteiger partial charge in [0.25, 0.3) is 0 Å². The van der Waals surface area contributed by atoms with Crippen molar-refractivity contribution in [2.24, 2.45) is 5.92 Å². The first kappa shape index (κ1) is 41.2. The number of carbonyl (C=O) groups is 5. The highest BCUT2D eigenvalue weighted by atomic mass is 16.6. The van der Waals surface area contributed by atoms with Crippen LogP contribution in [-0.4, -0.2) is 72.2 Å². The van der Waals surface area contributed by atoms with Crippen LogP contribution >= 0.6 is 0 Å². The summed E-state index contributed by atoms with van der Waals surface area (Å²) in [6, 6.07) is 24.3. The molecule has 280 valence electrons. The van der Waals surface area contributed by atoms with E-state index in [-0.39, 0.29) is 44.4 Å². The van der Waals surface area contributed by atoms with Crippen LogP contribution in [0.2, 0.25) is 0 Å². The highest BCUT2D eigenvalue weighted by molar-refractivity contribution is 5.90. The van der Waals surface area contributed by atoms with Crippen LogP contribution < -0.4 is 16.0 Å². The third-order valence-electron chi connectivity index (χ3n) is 7.77. The van der Waals surface area contributed by atoms with E-state index in [1.165, 1.54) is 7.05 Å². The zero-order valence-electron chi connectivity index (χ0n) is 30.9. The summed E-state index contributed by atoms with van der Waals surface area (Å²) in [5.74, 6) is -1.54. The van der Waals surface area contributed by atoms with Gasteiger partial charge in [-0.05, 0) is 56.2 Å². The van der Waals surface area contributed by atoms with E-state index < -0.39 is 47.8 Å². The van der Waals surface area contributed by atoms with Crippen LogP contribution in [-0.2, 0) is 48.2 Å². The van der Waals surface area contributed by atoms with Crippen LogP contribution in [0.3, 0.4) is 0 Å². The van der Waals surface area contributed by atoms with Gasteiger partial charge in [0.1, 0.15) is 30.9 Å². The van der Waals surface area contributed by atoms with E-state index in [1.54, 1.807) is 69.3 Å². The molecule has 0 heterocycles. The van der Waals surface area contributed by atoms with Crippen LogP contribution in [0.5, 0.6) is 0 Å². The Balaban J connectivity index is 1.85. The lowest BCUT2D eigenvalue weighted by molar-refractivity contribution is -0.158. The molecule has 0 aliphatic heterocycles. The molecule has 1 unspecified atom stereocenters. The number of imide groups is 1. The van der Waals surface area contributed by atoms with Gasteiger partial charge in [0.15, 0.2) is 0 Å². The monoisotopic (exact) mass is 716 g/mol. The summed E-state index contributed by atoms with van der Waals surface area (Å²) >= 11 is 0. The summed E-state index contributed by atoms with van der Waals surface area (Å²) in [5.41, 5.74) is 1.41. The molecule has 12 nitrogen and oxygen atoms in total. The lowest BCUT2D eigenvalue weighted by atomic mass is 9.99. The minimum absolute atomic E-state index is 0.00698. The summed E-state index contributed by atoms with van der Waals surface area (Å²) < 4.78 is 16.7. The molecule has 52 heavy (non-hydrogen) atoms. The summed E-state index contributed by atoms with van der Waals surface area (Å²) in [4.78, 5) is 68.0. The minimum atomic E-state index is -1.15. The number of likely N-dealkylation sites (N-methyl/N-ethyl adjacent to an activating group) is 1. The molecule has 12 heteroatoms. The Labute approximate surface area is 306 Å². The number of carbonyl (C=O) groups excluding carboxylic acids is 5. The van der Waals surface area contributed by atoms with Crippen molar-refractivity contribution in [3.05, 3.63) is 108 Å². The van der Waals surface area contributed by atoms with E-state index in [9.17, 15) is 24.0 Å². The molecule has 3 atom stereocenters. The van der Waals surface area contributed by atoms with Gasteiger partial charge in [-0.1, -0.05) is 105 Å². The van der Waals surface area contributed by atoms with Gasteiger partial charge in [-0.15, -0.1) is 0 Å². The average Bonchev–Trinajstić information content (AvgIpc) is 3.11. The Kier molecular flexibility index (Phi) is 16.3. The maximum atomic E-state index is 13.9. The van der Waals surface area contributed by atoms with Gasteiger partial charge in [0.05, 0.1) is 6.04 Å². The number of ether oxygens (including phenoxy) is 3. The van der Waals surface area contributed by atoms with Gasteiger partial charge >= 0.3 is 18.2 Å². The molecule has 0 aliphatic rings. The molecule has 0 spiro atoms. The van der Waals surface area contributed by atoms with Crippen LogP contribution in [0, 0.1) is 5.92 Å². The van der Waals surface area contributed by atoms with Crippen molar-refractivity contribution < 1.29 is 38.2 Å². The van der Waals surface area contributed by atoms with Gasteiger partial charge in [0, 0.05) is 20.0 Å². The van der Waals surface area contributed by atoms with Crippen molar-refractivity contribution in [3.63, 3.8) is 0 Å². The smallest absolute Gasteiger partial charge is 0.419 e. The van der Waals surface area contributed by atoms with Crippen molar-refractivity contribution in [3.8, 4) is 0 Å². The van der Waals surface area contributed by atoms with Gasteiger partial charge in [-0.25, -0.2) is 14.5 Å². The number of hydrogen-bond acceptors (Lipinski definition) is 9. The van der Waals surface area contributed by atoms with Gasteiger partial charge in [0.2, 0.25) is 11.8 Å². The SMILES string of the molecule is CNC(=O)[C@H](Cc1ccccc1)NC(=O)[C@H](CC(C)C)NC(CCN(C(=O)OCc1ccccc1)C(=O)OCc1ccccc1)C(=O)OC(C)(C)C. The Bertz CT molecular complexity index is 1520. The standard InChI is InChI=1S/C40H52N4O8/c1-28(2)24-33(36(46)43-34(35(45)41-6)25-29-16-10-7-11-17-29)42-32(37(47)52-40(3,4)5)22-23-44(38(48)50-26-30-18-12-8-13-19-30)39(49)51-27-31-20-14-9-15-21-31/h7-21,28,32-34,42H,22-27H2,1-6H3,(H,41,45)(H,43,46)/t32?,33-,34-/m0/s1. The number of amides is 4. The second kappa shape index (κ2) is 20.6. The Morgan fingerprint density at radius 2 is 1.15 bits per heavy atom. The summed E-state index contributed by atoms with van der Waals surface area (Å²) in [6.45, 7) is 8.51. The number of nitrogens with one attached hydrogen (secondary N) is 3. The molecule has 4 amide bonds. The highest BCUT2D eigenvalue weighted by Gasteiger charge is 2.34. The summed E-state index contributed by atoms with van der Waals surface area (Å²) in [7, 11) is 1.50. The number of benzene rings is 3. The van der Waals surface area contributed by atoms with Gasteiger partial charge in [-0.3, -0.25) is 19.7 Å². The van der Waals surface area contributed by atoms with Crippen LogP contribution in [0.15, 0.2) is 91.0 Å². The summed E-state index contributed by atoms with van der Waals surface area (Å²) in [6.07, 6.45) is -1.51. The molecule has 0 aromatic heterocycles. The van der Waals surface area contributed by atoms with E-state index in [2.05, 4.69) is 16.0 Å². The first-order valence-electron chi connectivity index (χ1n) is 17.5. The zero-order chi connectivity index (χ0) is 38.1. The third-order valence-corrected chi connectivity index (χ3v) is 7.77. The molecule has 0 saturated heterocycles. The fraction of sp³-hybridized carbons (Fsp3) is 0.425. The number of rotatable bonds is 17. The molecule has 3 aromatic rings. The molecular weight excluding hydrogens is 664 g/mol. The van der Waals surface area contributed by atoms with E-state index in [1.807, 2.05) is 56.3 Å². The molecule has 0 aliphatic carbocycles. The Morgan fingerprint density at radius 3 is 1.60 bits per heavy atom. The normalized spacial score (nSPS) is 12.9.